The highest BCUT2D eigenvalue weighted by molar-refractivity contribution is 8.18. The highest BCUT2D eigenvalue weighted by atomic mass is 35.5. The van der Waals surface area contributed by atoms with E-state index in [4.69, 9.17) is 44.3 Å². The van der Waals surface area contributed by atoms with Gasteiger partial charge in [0.05, 0.1) is 16.5 Å². The fourth-order valence-electron chi connectivity index (χ4n) is 3.03. The number of amides is 1. The largest absolute Gasteiger partial charge is 0.490 e. The van der Waals surface area contributed by atoms with Gasteiger partial charge >= 0.3 is 5.97 Å². The second kappa shape index (κ2) is 10.3. The van der Waals surface area contributed by atoms with E-state index < -0.39 is 16.9 Å². The minimum absolute atomic E-state index is 0.107. The number of amidine groups is 1. The smallest absolute Gasteiger partial charge is 0.308 e. The third-order valence-electron chi connectivity index (χ3n) is 4.55. The van der Waals surface area contributed by atoms with Crippen molar-refractivity contribution >= 4 is 75.5 Å². The molecule has 11 heteroatoms. The summed E-state index contributed by atoms with van der Waals surface area (Å²) in [7, 11) is 0. The Hall–Kier alpha value is -2.26. The Bertz CT molecular complexity index is 1150. The second-order valence-corrected chi connectivity index (χ2v) is 9.51. The van der Waals surface area contributed by atoms with Crippen LogP contribution in [0.25, 0.3) is 6.08 Å². The molecule has 1 N–H and O–H groups in total. The van der Waals surface area contributed by atoms with Crippen molar-refractivity contribution < 1.29 is 23.9 Å². The third kappa shape index (κ3) is 5.81. The van der Waals surface area contributed by atoms with Crippen LogP contribution in [0.2, 0.25) is 5.02 Å². The number of allylic oxidation sites excluding steroid dienone is 2. The van der Waals surface area contributed by atoms with Crippen molar-refractivity contribution in [1.29, 1.82) is 0 Å². The molecule has 1 fully saturated rings. The van der Waals surface area contributed by atoms with Crippen LogP contribution >= 0.6 is 46.6 Å². The summed E-state index contributed by atoms with van der Waals surface area (Å²) in [6, 6.07) is 2.36. The van der Waals surface area contributed by atoms with Gasteiger partial charge in [-0.05, 0) is 61.5 Å². The lowest BCUT2D eigenvalue weighted by Gasteiger charge is -2.28. The van der Waals surface area contributed by atoms with Crippen LogP contribution < -0.4 is 14.8 Å². The van der Waals surface area contributed by atoms with Crippen molar-refractivity contribution in [2.75, 3.05) is 6.61 Å². The van der Waals surface area contributed by atoms with E-state index in [2.05, 4.69) is 10.3 Å². The monoisotopic (exact) mass is 528 g/mol. The highest BCUT2D eigenvalue weighted by Gasteiger charge is 2.41. The van der Waals surface area contributed by atoms with Gasteiger partial charge in [-0.15, -0.1) is 11.6 Å². The predicted molar refractivity (Wildman–Crippen MR) is 131 cm³/mol. The Balaban J connectivity index is 1.91. The summed E-state index contributed by atoms with van der Waals surface area (Å²) in [6.45, 7) is 4.72. The lowest BCUT2D eigenvalue weighted by atomic mass is 9.91. The topological polar surface area (TPSA) is 94.1 Å². The zero-order valence-electron chi connectivity index (χ0n) is 17.8. The summed E-state index contributed by atoms with van der Waals surface area (Å²) in [4.78, 5) is 39.4. The Morgan fingerprint density at radius 1 is 1.30 bits per heavy atom. The van der Waals surface area contributed by atoms with Gasteiger partial charge in [-0.25, -0.2) is 0 Å². The molecular weight excluding hydrogens is 511 g/mol. The molecule has 2 atom stereocenters. The van der Waals surface area contributed by atoms with Gasteiger partial charge in [-0.2, -0.15) is 0 Å². The number of Topliss-reactive ketones (excluding diaryl/α,β-unsaturated/α-hetero) is 1. The molecule has 0 bridgehead atoms. The molecule has 1 aromatic rings. The molecule has 1 amide bonds. The first kappa shape index (κ1) is 25.4. The molecule has 0 radical (unpaired) electrons. The number of ether oxygens (including phenoxy) is 2. The molecule has 2 aliphatic rings. The Kier molecular flexibility index (Phi) is 7.95. The Morgan fingerprint density at radius 3 is 2.67 bits per heavy atom. The number of carbonyl (C=O) groups is 3. The number of ketones is 1. The summed E-state index contributed by atoms with van der Waals surface area (Å²) in [6.07, 6.45) is 6.18. The molecule has 7 nitrogen and oxygen atoms in total. The maximum atomic E-state index is 12.5. The number of alkyl halides is 1. The predicted octanol–water partition coefficient (Wildman–Crippen LogP) is 4.85. The number of nitrogens with zero attached hydrogens (tertiary/aromatic N) is 1. The number of hydrogen-bond acceptors (Lipinski definition) is 7. The van der Waals surface area contributed by atoms with Gasteiger partial charge in [0.2, 0.25) is 0 Å². The Labute approximate surface area is 209 Å². The highest BCUT2D eigenvalue weighted by Crippen LogP contribution is 2.39. The van der Waals surface area contributed by atoms with Gasteiger partial charge in [0.15, 0.2) is 22.4 Å². The molecule has 174 valence electrons. The number of esters is 1. The number of halogens is 3. The lowest BCUT2D eigenvalue weighted by molar-refractivity contribution is -0.132. The normalized spacial score (nSPS) is 24.6. The van der Waals surface area contributed by atoms with Crippen molar-refractivity contribution in [3.8, 4) is 11.5 Å². The molecule has 2 unspecified atom stereocenters. The number of hydrogen-bond donors (Lipinski definition) is 1. The zero-order valence-corrected chi connectivity index (χ0v) is 20.9. The van der Waals surface area contributed by atoms with Crippen LogP contribution in [0, 0.1) is 0 Å². The van der Waals surface area contributed by atoms with Gasteiger partial charge in [0.25, 0.3) is 5.91 Å². The molecule has 1 aliphatic carbocycles. The molecule has 0 saturated carbocycles. The van der Waals surface area contributed by atoms with E-state index >= 15 is 0 Å². The van der Waals surface area contributed by atoms with E-state index in [1.165, 1.54) is 26.0 Å². The lowest BCUT2D eigenvalue weighted by Crippen LogP contribution is -2.41. The van der Waals surface area contributed by atoms with Crippen LogP contribution in [-0.2, 0) is 14.4 Å². The van der Waals surface area contributed by atoms with E-state index in [9.17, 15) is 14.4 Å². The number of rotatable bonds is 6. The summed E-state index contributed by atoms with van der Waals surface area (Å²) >= 11 is 19.9. The van der Waals surface area contributed by atoms with Gasteiger partial charge in [-0.1, -0.05) is 29.3 Å². The quantitative estimate of drug-likeness (QED) is 0.245. The van der Waals surface area contributed by atoms with Crippen LogP contribution in [0.4, 0.5) is 0 Å². The van der Waals surface area contributed by atoms with Crippen molar-refractivity contribution in [3.05, 3.63) is 50.9 Å². The third-order valence-corrected chi connectivity index (χ3v) is 6.63. The molecular formula is C22H19Cl3N2O5S. The number of nitrogens with one attached hydrogen (secondary N) is 1. The van der Waals surface area contributed by atoms with Gasteiger partial charge in [0.1, 0.15) is 10.9 Å². The molecule has 1 aliphatic heterocycles. The molecule has 33 heavy (non-hydrogen) atoms. The fourth-order valence-corrected chi connectivity index (χ4v) is 4.50. The van der Waals surface area contributed by atoms with Gasteiger partial charge < -0.3 is 14.8 Å². The van der Waals surface area contributed by atoms with E-state index in [1.54, 1.807) is 31.2 Å². The van der Waals surface area contributed by atoms with E-state index in [0.717, 1.165) is 11.8 Å². The average molecular weight is 530 g/mol. The number of thioether (sulfide) groups is 1. The second-order valence-electron chi connectivity index (χ2n) is 7.01. The van der Waals surface area contributed by atoms with E-state index in [1.807, 2.05) is 0 Å². The first-order valence-electron chi connectivity index (χ1n) is 9.73. The van der Waals surface area contributed by atoms with Crippen LogP contribution in [-0.4, -0.2) is 40.4 Å². The van der Waals surface area contributed by atoms with Crippen molar-refractivity contribution in [3.63, 3.8) is 0 Å². The summed E-state index contributed by atoms with van der Waals surface area (Å²) in [5, 5.41) is 3.47. The summed E-state index contributed by atoms with van der Waals surface area (Å²) in [5.41, 5.74) is 0.553. The molecule has 1 saturated heterocycles. The zero-order chi connectivity index (χ0) is 24.3. The molecule has 0 aromatic heterocycles. The standard InChI is InChI=1S/C22H19Cl3N2O5S/c1-4-31-16-8-13(7-15(24)19(16)32-12(3)29)9-17-20(30)27-21(33-17)26-18-10-14(23)5-6-22(18,25)11(2)28/h5-10,18H,4H2,1-3H3,(H,26,27,30)/b17-9+. The fraction of sp³-hybridized carbons (Fsp3) is 0.273. The number of aliphatic imine (C=N–C) groups is 1. The van der Waals surface area contributed by atoms with Crippen LogP contribution in [0.1, 0.15) is 26.3 Å². The van der Waals surface area contributed by atoms with Crippen LogP contribution in [0.5, 0.6) is 11.5 Å². The van der Waals surface area contributed by atoms with E-state index in [-0.39, 0.29) is 33.4 Å². The SMILES string of the molecule is CCOc1cc(/C=C2/SC(=NC3C=C(Cl)C=CC3(Cl)C(C)=O)NC2=O)cc(Cl)c1OC(C)=O. The maximum Gasteiger partial charge on any atom is 0.308 e. The van der Waals surface area contributed by atoms with Crippen LogP contribution in [0.3, 0.4) is 0 Å². The summed E-state index contributed by atoms with van der Waals surface area (Å²) < 4.78 is 10.7. The number of benzene rings is 1. The van der Waals surface area contributed by atoms with Crippen molar-refractivity contribution in [2.24, 2.45) is 4.99 Å². The van der Waals surface area contributed by atoms with Gasteiger partial charge in [0, 0.05) is 12.0 Å². The molecule has 1 heterocycles. The average Bonchev–Trinajstić information content (AvgIpc) is 3.06. The maximum absolute atomic E-state index is 12.5. The van der Waals surface area contributed by atoms with Gasteiger partial charge in [-0.3, -0.25) is 19.4 Å². The molecule has 3 rings (SSSR count). The number of carbonyl (C=O) groups excluding carboxylic acids is 3. The Morgan fingerprint density at radius 2 is 2.03 bits per heavy atom. The summed E-state index contributed by atoms with van der Waals surface area (Å²) in [5.74, 6) is -0.849. The van der Waals surface area contributed by atoms with E-state index in [0.29, 0.717) is 22.1 Å². The van der Waals surface area contributed by atoms with Crippen LogP contribution in [0.15, 0.2) is 45.3 Å². The van der Waals surface area contributed by atoms with Crippen molar-refractivity contribution in [2.45, 2.75) is 31.7 Å². The minimum Gasteiger partial charge on any atom is -0.490 e. The minimum atomic E-state index is -1.39. The first-order chi connectivity index (χ1) is 15.5. The first-order valence-corrected chi connectivity index (χ1v) is 11.7. The molecule has 1 aromatic carbocycles. The van der Waals surface area contributed by atoms with Crippen molar-refractivity contribution in [1.82, 2.24) is 5.32 Å². The molecule has 0 spiro atoms.